The zero-order chi connectivity index (χ0) is 14.7. The summed E-state index contributed by atoms with van der Waals surface area (Å²) in [6, 6.07) is 4.90. The molecule has 1 aromatic carbocycles. The van der Waals surface area contributed by atoms with Crippen molar-refractivity contribution in [1.82, 2.24) is 5.16 Å². The van der Waals surface area contributed by atoms with Crippen LogP contribution in [0.3, 0.4) is 0 Å². The maximum Gasteiger partial charge on any atom is 0.358 e. The van der Waals surface area contributed by atoms with Crippen LogP contribution in [0.15, 0.2) is 27.6 Å². The van der Waals surface area contributed by atoms with Crippen LogP contribution in [0.5, 0.6) is 11.5 Å². The molecule has 1 aromatic heterocycles. The molecule has 2 rings (SSSR count). The number of nitrogens with zero attached hydrogens (tertiary/aromatic N) is 1. The minimum absolute atomic E-state index is 0.157. The molecule has 0 amide bonds. The average molecular weight is 295 g/mol. The third-order valence-electron chi connectivity index (χ3n) is 2.68. The summed E-state index contributed by atoms with van der Waals surface area (Å²) in [5, 5.41) is 12.4. The van der Waals surface area contributed by atoms with Gasteiger partial charge in [-0.05, 0) is 18.4 Å². The molecule has 0 aliphatic rings. The molecule has 0 aliphatic carbocycles. The SMILES string of the molecule is COc1cc(SC)c(OC)c(-c2cc(C(=O)O)no2)c1. The van der Waals surface area contributed by atoms with E-state index < -0.39 is 5.97 Å². The lowest BCUT2D eigenvalue weighted by Crippen LogP contribution is -1.95. The molecular weight excluding hydrogens is 282 g/mol. The number of carbonyl (C=O) groups is 1. The second-order valence-corrected chi connectivity index (χ2v) is 4.64. The molecule has 20 heavy (non-hydrogen) atoms. The van der Waals surface area contributed by atoms with Gasteiger partial charge < -0.3 is 19.1 Å². The predicted molar refractivity (Wildman–Crippen MR) is 73.8 cm³/mol. The number of carboxylic acids is 1. The Labute approximate surface area is 119 Å². The van der Waals surface area contributed by atoms with Crippen LogP contribution in [0.1, 0.15) is 10.5 Å². The first kappa shape index (κ1) is 14.3. The van der Waals surface area contributed by atoms with Crippen LogP contribution in [0.25, 0.3) is 11.3 Å². The van der Waals surface area contributed by atoms with Crippen LogP contribution >= 0.6 is 11.8 Å². The van der Waals surface area contributed by atoms with Gasteiger partial charge in [0.25, 0.3) is 0 Å². The molecule has 0 bridgehead atoms. The lowest BCUT2D eigenvalue weighted by Gasteiger charge is -2.12. The van der Waals surface area contributed by atoms with Gasteiger partial charge in [0.15, 0.2) is 11.5 Å². The Morgan fingerprint density at radius 3 is 2.55 bits per heavy atom. The number of hydrogen-bond acceptors (Lipinski definition) is 6. The van der Waals surface area contributed by atoms with E-state index in [0.29, 0.717) is 22.8 Å². The fraction of sp³-hybridized carbons (Fsp3) is 0.231. The van der Waals surface area contributed by atoms with Crippen LogP contribution in [0.2, 0.25) is 0 Å². The largest absolute Gasteiger partial charge is 0.497 e. The minimum Gasteiger partial charge on any atom is -0.497 e. The molecule has 0 radical (unpaired) electrons. The fourth-order valence-corrected chi connectivity index (χ4v) is 2.36. The van der Waals surface area contributed by atoms with Crippen molar-refractivity contribution in [3.8, 4) is 22.8 Å². The van der Waals surface area contributed by atoms with Crippen molar-refractivity contribution in [3.05, 3.63) is 23.9 Å². The Morgan fingerprint density at radius 2 is 2.05 bits per heavy atom. The van der Waals surface area contributed by atoms with E-state index in [1.807, 2.05) is 12.3 Å². The zero-order valence-corrected chi connectivity index (χ0v) is 12.0. The van der Waals surface area contributed by atoms with Crippen LogP contribution in [0.4, 0.5) is 0 Å². The topological polar surface area (TPSA) is 81.8 Å². The Morgan fingerprint density at radius 1 is 1.30 bits per heavy atom. The normalized spacial score (nSPS) is 10.3. The molecule has 1 N–H and O–H groups in total. The maximum absolute atomic E-state index is 10.9. The summed E-state index contributed by atoms with van der Waals surface area (Å²) in [5.74, 6) is 0.380. The third-order valence-corrected chi connectivity index (χ3v) is 3.43. The summed E-state index contributed by atoms with van der Waals surface area (Å²) in [6.45, 7) is 0. The lowest BCUT2D eigenvalue weighted by molar-refractivity contribution is 0.0686. The number of benzene rings is 1. The number of carboxylic acid groups (broad SMARTS) is 1. The molecule has 0 unspecified atom stereocenters. The van der Waals surface area contributed by atoms with Gasteiger partial charge in [-0.15, -0.1) is 11.8 Å². The highest BCUT2D eigenvalue weighted by Gasteiger charge is 2.19. The summed E-state index contributed by atoms with van der Waals surface area (Å²) in [6.07, 6.45) is 1.91. The number of methoxy groups -OCH3 is 2. The van der Waals surface area contributed by atoms with Gasteiger partial charge in [-0.2, -0.15) is 0 Å². The first-order valence-electron chi connectivity index (χ1n) is 5.61. The second kappa shape index (κ2) is 5.87. The number of thioether (sulfide) groups is 1. The van der Waals surface area contributed by atoms with E-state index in [1.54, 1.807) is 20.3 Å². The predicted octanol–water partition coefficient (Wildman–Crippen LogP) is 2.78. The third kappa shape index (κ3) is 2.57. The summed E-state index contributed by atoms with van der Waals surface area (Å²) < 4.78 is 15.7. The smallest absolute Gasteiger partial charge is 0.358 e. The second-order valence-electron chi connectivity index (χ2n) is 3.79. The molecule has 0 aliphatic heterocycles. The van der Waals surface area contributed by atoms with E-state index in [1.165, 1.54) is 17.8 Å². The average Bonchev–Trinajstić information content (AvgIpc) is 2.95. The monoisotopic (exact) mass is 295 g/mol. The fourth-order valence-electron chi connectivity index (χ4n) is 1.74. The minimum atomic E-state index is -1.15. The van der Waals surface area contributed by atoms with Crippen molar-refractivity contribution in [1.29, 1.82) is 0 Å². The van der Waals surface area contributed by atoms with Gasteiger partial charge in [0, 0.05) is 6.07 Å². The first-order chi connectivity index (χ1) is 9.60. The lowest BCUT2D eigenvalue weighted by atomic mass is 10.1. The van der Waals surface area contributed by atoms with Gasteiger partial charge in [-0.25, -0.2) is 4.79 Å². The van der Waals surface area contributed by atoms with Gasteiger partial charge >= 0.3 is 5.97 Å². The van der Waals surface area contributed by atoms with Gasteiger partial charge in [-0.3, -0.25) is 0 Å². The van der Waals surface area contributed by atoms with Crippen LogP contribution in [-0.4, -0.2) is 36.7 Å². The van der Waals surface area contributed by atoms with Gasteiger partial charge in [0.2, 0.25) is 0 Å². The molecule has 0 fully saturated rings. The summed E-state index contributed by atoms with van der Waals surface area (Å²) >= 11 is 1.49. The Kier molecular flexibility index (Phi) is 4.19. The number of hydrogen-bond donors (Lipinski definition) is 1. The van der Waals surface area contributed by atoms with Gasteiger partial charge in [0.05, 0.1) is 24.7 Å². The molecule has 0 atom stereocenters. The van der Waals surface area contributed by atoms with Crippen molar-refractivity contribution in [2.45, 2.75) is 4.90 Å². The summed E-state index contributed by atoms with van der Waals surface area (Å²) in [5.41, 5.74) is 0.437. The van der Waals surface area contributed by atoms with E-state index in [4.69, 9.17) is 19.1 Å². The Bertz CT molecular complexity index is 638. The quantitative estimate of drug-likeness (QED) is 0.849. The molecule has 6 nitrogen and oxygen atoms in total. The molecule has 1 heterocycles. The van der Waals surface area contributed by atoms with E-state index in [0.717, 1.165) is 4.90 Å². The summed E-state index contributed by atoms with van der Waals surface area (Å²) in [4.78, 5) is 11.7. The first-order valence-corrected chi connectivity index (χ1v) is 6.83. The van der Waals surface area contributed by atoms with Crippen LogP contribution < -0.4 is 9.47 Å². The standard InChI is InChI=1S/C13H13NO5S/c1-17-7-4-8(12(18-2)11(5-7)20-3)10-6-9(13(15)16)14-19-10/h4-6H,1-3H3,(H,15,16). The van der Waals surface area contributed by atoms with Gasteiger partial charge in [0.1, 0.15) is 11.5 Å². The van der Waals surface area contributed by atoms with E-state index in [-0.39, 0.29) is 5.69 Å². The Balaban J connectivity index is 2.60. The molecular formula is C13H13NO5S. The van der Waals surface area contributed by atoms with E-state index in [9.17, 15) is 4.79 Å². The van der Waals surface area contributed by atoms with Crippen LogP contribution in [0, 0.1) is 0 Å². The van der Waals surface area contributed by atoms with Crippen molar-refractivity contribution in [3.63, 3.8) is 0 Å². The van der Waals surface area contributed by atoms with Crippen molar-refractivity contribution in [2.24, 2.45) is 0 Å². The number of aromatic carboxylic acids is 1. The number of rotatable bonds is 5. The van der Waals surface area contributed by atoms with E-state index in [2.05, 4.69) is 5.16 Å². The molecule has 106 valence electrons. The highest BCUT2D eigenvalue weighted by atomic mass is 32.2. The molecule has 0 saturated heterocycles. The molecule has 7 heteroatoms. The van der Waals surface area contributed by atoms with Crippen molar-refractivity contribution in [2.75, 3.05) is 20.5 Å². The number of aromatic nitrogens is 1. The molecule has 0 spiro atoms. The Hall–Kier alpha value is -2.15. The maximum atomic E-state index is 10.9. The molecule has 2 aromatic rings. The zero-order valence-electron chi connectivity index (χ0n) is 11.2. The highest BCUT2D eigenvalue weighted by Crippen LogP contribution is 2.41. The molecule has 0 saturated carbocycles. The van der Waals surface area contributed by atoms with Crippen molar-refractivity contribution < 1.29 is 23.9 Å². The van der Waals surface area contributed by atoms with Crippen LogP contribution in [-0.2, 0) is 0 Å². The van der Waals surface area contributed by atoms with E-state index >= 15 is 0 Å². The van der Waals surface area contributed by atoms with Gasteiger partial charge in [-0.1, -0.05) is 5.16 Å². The number of ether oxygens (including phenoxy) is 2. The summed E-state index contributed by atoms with van der Waals surface area (Å²) in [7, 11) is 3.10. The van der Waals surface area contributed by atoms with Crippen molar-refractivity contribution >= 4 is 17.7 Å². The highest BCUT2D eigenvalue weighted by molar-refractivity contribution is 7.98.